The molecule has 0 saturated heterocycles. The fourth-order valence-corrected chi connectivity index (χ4v) is 4.79. The van der Waals surface area contributed by atoms with Crippen molar-refractivity contribution < 1.29 is 14.0 Å². The summed E-state index contributed by atoms with van der Waals surface area (Å²) in [6.45, 7) is 0.311. The molecule has 0 spiro atoms. The molecular weight excluding hydrogens is 376 g/mol. The van der Waals surface area contributed by atoms with Gasteiger partial charge in [0.2, 0.25) is 0 Å². The minimum Gasteiger partial charge on any atom is -0.467 e. The number of thiophene rings is 1. The number of nitrogens with zero attached hydrogens (tertiary/aromatic N) is 2. The Balaban J connectivity index is 1.62. The molecular formula is C20H22N4O3S. The number of fused-ring (bicyclic) bond motifs is 1. The maximum absolute atomic E-state index is 13.0. The van der Waals surface area contributed by atoms with Crippen LogP contribution in [0.1, 0.15) is 56.3 Å². The third-order valence-electron chi connectivity index (χ3n) is 4.93. The van der Waals surface area contributed by atoms with Gasteiger partial charge in [-0.05, 0) is 49.4 Å². The van der Waals surface area contributed by atoms with Crippen LogP contribution in [0.3, 0.4) is 0 Å². The number of rotatable bonds is 5. The topological polar surface area (TPSA) is 89.2 Å². The first kappa shape index (κ1) is 18.5. The van der Waals surface area contributed by atoms with Crippen LogP contribution in [-0.2, 0) is 26.4 Å². The molecule has 0 aliphatic heterocycles. The van der Waals surface area contributed by atoms with Crippen LogP contribution in [0.4, 0.5) is 5.00 Å². The van der Waals surface area contributed by atoms with E-state index in [1.165, 1.54) is 20.9 Å². The van der Waals surface area contributed by atoms with Gasteiger partial charge in [-0.1, -0.05) is 6.42 Å². The zero-order chi connectivity index (χ0) is 19.5. The molecule has 0 bridgehead atoms. The van der Waals surface area contributed by atoms with E-state index in [-0.39, 0.29) is 11.8 Å². The summed E-state index contributed by atoms with van der Waals surface area (Å²) in [7, 11) is 1.72. The van der Waals surface area contributed by atoms with Crippen LogP contribution >= 0.6 is 11.3 Å². The van der Waals surface area contributed by atoms with Gasteiger partial charge in [0.05, 0.1) is 18.4 Å². The summed E-state index contributed by atoms with van der Waals surface area (Å²) in [6.07, 6.45) is 8.28. The first-order valence-electron chi connectivity index (χ1n) is 9.38. The summed E-state index contributed by atoms with van der Waals surface area (Å²) in [5.41, 5.74) is 2.11. The molecule has 0 atom stereocenters. The molecule has 0 saturated carbocycles. The molecule has 0 aromatic carbocycles. The third kappa shape index (κ3) is 3.73. The number of hydrogen-bond donors (Lipinski definition) is 2. The summed E-state index contributed by atoms with van der Waals surface area (Å²) < 4.78 is 6.82. The first-order chi connectivity index (χ1) is 13.6. The summed E-state index contributed by atoms with van der Waals surface area (Å²) >= 11 is 1.51. The number of furan rings is 1. The smallest absolute Gasteiger partial charge is 0.274 e. The summed E-state index contributed by atoms with van der Waals surface area (Å²) in [5, 5.41) is 10.5. The lowest BCUT2D eigenvalue weighted by Gasteiger charge is -2.09. The van der Waals surface area contributed by atoms with Gasteiger partial charge in [-0.25, -0.2) is 0 Å². The second-order valence-electron chi connectivity index (χ2n) is 6.82. The summed E-state index contributed by atoms with van der Waals surface area (Å²) in [5.74, 6) is 0.239. The third-order valence-corrected chi connectivity index (χ3v) is 6.14. The monoisotopic (exact) mass is 398 g/mol. The lowest BCUT2D eigenvalue weighted by Crippen LogP contribution is -2.25. The van der Waals surface area contributed by atoms with Crippen LogP contribution < -0.4 is 10.6 Å². The number of amides is 2. The molecule has 4 rings (SSSR count). The van der Waals surface area contributed by atoms with Gasteiger partial charge in [0.25, 0.3) is 11.8 Å². The Bertz CT molecular complexity index is 987. The minimum atomic E-state index is -0.267. The van der Waals surface area contributed by atoms with E-state index in [2.05, 4.69) is 15.7 Å². The Morgan fingerprint density at radius 3 is 2.82 bits per heavy atom. The summed E-state index contributed by atoms with van der Waals surface area (Å²) in [4.78, 5) is 26.9. The van der Waals surface area contributed by atoms with Gasteiger partial charge < -0.3 is 15.1 Å². The highest BCUT2D eigenvalue weighted by atomic mass is 32.1. The van der Waals surface area contributed by atoms with Gasteiger partial charge in [0.1, 0.15) is 16.5 Å². The predicted molar refractivity (Wildman–Crippen MR) is 107 cm³/mol. The molecule has 0 unspecified atom stereocenters. The van der Waals surface area contributed by atoms with Crippen molar-refractivity contribution in [2.75, 3.05) is 5.32 Å². The molecule has 3 aromatic heterocycles. The molecule has 0 radical (unpaired) electrons. The zero-order valence-electron chi connectivity index (χ0n) is 15.7. The van der Waals surface area contributed by atoms with E-state index in [4.69, 9.17) is 4.42 Å². The van der Waals surface area contributed by atoms with Crippen molar-refractivity contribution in [3.63, 3.8) is 0 Å². The van der Waals surface area contributed by atoms with Gasteiger partial charge in [-0.2, -0.15) is 5.10 Å². The molecule has 2 N–H and O–H groups in total. The molecule has 28 heavy (non-hydrogen) atoms. The van der Waals surface area contributed by atoms with E-state index in [0.717, 1.165) is 37.7 Å². The molecule has 8 heteroatoms. The van der Waals surface area contributed by atoms with Gasteiger partial charge in [0.15, 0.2) is 0 Å². The van der Waals surface area contributed by atoms with Crippen molar-refractivity contribution in [1.29, 1.82) is 0 Å². The molecule has 3 heterocycles. The Labute approximate surface area is 166 Å². The fourth-order valence-electron chi connectivity index (χ4n) is 3.50. The van der Waals surface area contributed by atoms with Crippen LogP contribution in [0.5, 0.6) is 0 Å². The highest BCUT2D eigenvalue weighted by Crippen LogP contribution is 2.37. The highest BCUT2D eigenvalue weighted by molar-refractivity contribution is 7.17. The number of hydrogen-bond acceptors (Lipinski definition) is 5. The maximum atomic E-state index is 13.0. The maximum Gasteiger partial charge on any atom is 0.274 e. The van der Waals surface area contributed by atoms with Crippen molar-refractivity contribution in [1.82, 2.24) is 15.1 Å². The quantitative estimate of drug-likeness (QED) is 0.644. The van der Waals surface area contributed by atoms with Crippen LogP contribution in [0.25, 0.3) is 0 Å². The van der Waals surface area contributed by atoms with Gasteiger partial charge in [0, 0.05) is 18.1 Å². The van der Waals surface area contributed by atoms with Crippen LogP contribution in [0, 0.1) is 0 Å². The van der Waals surface area contributed by atoms with Crippen molar-refractivity contribution in [3.05, 3.63) is 58.1 Å². The van der Waals surface area contributed by atoms with Crippen molar-refractivity contribution in [2.45, 2.75) is 38.6 Å². The van der Waals surface area contributed by atoms with E-state index in [1.54, 1.807) is 31.6 Å². The number of carbonyl (C=O) groups excluding carboxylic acids is 2. The molecule has 146 valence electrons. The average Bonchev–Trinajstić information content (AvgIpc) is 3.38. The molecule has 2 amide bonds. The molecule has 1 aliphatic rings. The van der Waals surface area contributed by atoms with Gasteiger partial charge >= 0.3 is 0 Å². The van der Waals surface area contributed by atoms with E-state index in [9.17, 15) is 9.59 Å². The Hall–Kier alpha value is -2.87. The highest BCUT2D eigenvalue weighted by Gasteiger charge is 2.26. The lowest BCUT2D eigenvalue weighted by molar-refractivity contribution is 0.0948. The Morgan fingerprint density at radius 1 is 1.21 bits per heavy atom. The van der Waals surface area contributed by atoms with Crippen molar-refractivity contribution in [3.8, 4) is 0 Å². The number of anilines is 1. The normalized spacial score (nSPS) is 13.6. The van der Waals surface area contributed by atoms with Crippen molar-refractivity contribution in [2.24, 2.45) is 7.05 Å². The minimum absolute atomic E-state index is 0.184. The average molecular weight is 398 g/mol. The molecule has 3 aromatic rings. The lowest BCUT2D eigenvalue weighted by atomic mass is 10.0. The SMILES string of the molecule is Cn1nccc1C(=O)Nc1sc2c(c1C(=O)NCc1ccco1)CCCCC2. The number of carbonyl (C=O) groups is 2. The van der Waals surface area contributed by atoms with E-state index < -0.39 is 0 Å². The van der Waals surface area contributed by atoms with E-state index >= 15 is 0 Å². The largest absolute Gasteiger partial charge is 0.467 e. The van der Waals surface area contributed by atoms with E-state index in [0.29, 0.717) is 28.6 Å². The second kappa shape index (κ2) is 8.02. The molecule has 7 nitrogen and oxygen atoms in total. The van der Waals surface area contributed by atoms with Crippen LogP contribution in [-0.4, -0.2) is 21.6 Å². The van der Waals surface area contributed by atoms with Gasteiger partial charge in [-0.15, -0.1) is 11.3 Å². The van der Waals surface area contributed by atoms with Crippen LogP contribution in [0.15, 0.2) is 35.1 Å². The molecule has 0 fully saturated rings. The first-order valence-corrected chi connectivity index (χ1v) is 10.2. The van der Waals surface area contributed by atoms with Crippen LogP contribution in [0.2, 0.25) is 0 Å². The number of nitrogens with one attached hydrogen (secondary N) is 2. The Morgan fingerprint density at radius 2 is 2.07 bits per heavy atom. The standard InChI is InChI=1S/C20H22N4O3S/c1-24-15(9-10-22-24)18(25)23-20-17(14-7-3-2-4-8-16(14)28-20)19(26)21-12-13-6-5-11-27-13/h5-6,9-11H,2-4,7-8,12H2,1H3,(H,21,26)(H,23,25). The van der Waals surface area contributed by atoms with Gasteiger partial charge in [-0.3, -0.25) is 14.3 Å². The predicted octanol–water partition coefficient (Wildman–Crippen LogP) is 3.53. The number of aromatic nitrogens is 2. The van der Waals surface area contributed by atoms with Crippen molar-refractivity contribution >= 4 is 28.2 Å². The molecule has 1 aliphatic carbocycles. The fraction of sp³-hybridized carbons (Fsp3) is 0.350. The van der Waals surface area contributed by atoms with E-state index in [1.807, 2.05) is 6.07 Å². The number of aryl methyl sites for hydroxylation is 2. The zero-order valence-corrected chi connectivity index (χ0v) is 16.5. The second-order valence-corrected chi connectivity index (χ2v) is 7.93. The summed E-state index contributed by atoms with van der Waals surface area (Å²) in [6, 6.07) is 5.27. The Kier molecular flexibility index (Phi) is 5.29.